The minimum atomic E-state index is -0.317. The summed E-state index contributed by atoms with van der Waals surface area (Å²) in [5, 5.41) is 11.9. The summed E-state index contributed by atoms with van der Waals surface area (Å²) in [5.74, 6) is 0.297. The number of carbonyl (C=O) groups excluding carboxylic acids is 1. The van der Waals surface area contributed by atoms with Gasteiger partial charge in [0, 0.05) is 17.7 Å². The summed E-state index contributed by atoms with van der Waals surface area (Å²) in [4.78, 5) is 15.9. The van der Waals surface area contributed by atoms with Crippen molar-refractivity contribution in [3.8, 4) is 5.75 Å². The molecule has 1 amide bonds. The molecule has 22 heavy (non-hydrogen) atoms. The van der Waals surface area contributed by atoms with Gasteiger partial charge in [-0.05, 0) is 18.2 Å². The summed E-state index contributed by atoms with van der Waals surface area (Å²) in [5.41, 5.74) is 1.13. The molecule has 0 aliphatic carbocycles. The van der Waals surface area contributed by atoms with Gasteiger partial charge < -0.3 is 15.2 Å². The Morgan fingerprint density at radius 1 is 1.23 bits per heavy atom. The molecule has 0 aliphatic heterocycles. The summed E-state index contributed by atoms with van der Waals surface area (Å²) in [6.07, 6.45) is 0. The summed E-state index contributed by atoms with van der Waals surface area (Å²) in [7, 11) is 0. The predicted molar refractivity (Wildman–Crippen MR) is 84.5 cm³/mol. The van der Waals surface area contributed by atoms with Crippen LogP contribution >= 0.6 is 23.2 Å². The summed E-state index contributed by atoms with van der Waals surface area (Å²) < 4.78 is 5.41. The normalized spacial score (nSPS) is 10.3. The van der Waals surface area contributed by atoms with Gasteiger partial charge in [0.15, 0.2) is 0 Å². The number of hydrogen-bond acceptors (Lipinski definition) is 4. The van der Waals surface area contributed by atoms with Crippen LogP contribution in [0.1, 0.15) is 15.9 Å². The molecule has 1 aromatic carbocycles. The van der Waals surface area contributed by atoms with Gasteiger partial charge in [0.05, 0.1) is 6.61 Å². The Balaban J connectivity index is 2.05. The molecule has 0 unspecified atom stereocenters. The summed E-state index contributed by atoms with van der Waals surface area (Å²) >= 11 is 11.5. The number of rotatable bonds is 6. The van der Waals surface area contributed by atoms with Crippen molar-refractivity contribution in [1.29, 1.82) is 0 Å². The maximum atomic E-state index is 12.1. The number of benzene rings is 1. The maximum absolute atomic E-state index is 12.1. The molecule has 0 saturated heterocycles. The summed E-state index contributed by atoms with van der Waals surface area (Å²) in [6, 6.07) is 10.2. The molecule has 0 radical (unpaired) electrons. The number of aromatic nitrogens is 1. The fourth-order valence-electron chi connectivity index (χ4n) is 1.82. The minimum absolute atomic E-state index is 0.0747. The number of nitrogens with zero attached hydrogens (tertiary/aromatic N) is 1. The Labute approximate surface area is 137 Å². The molecule has 0 aliphatic rings. The second-order valence-corrected chi connectivity index (χ2v) is 5.14. The first-order chi connectivity index (χ1) is 10.6. The van der Waals surface area contributed by atoms with Crippen molar-refractivity contribution in [2.45, 2.75) is 6.54 Å². The largest absolute Gasteiger partial charge is 0.491 e. The molecular weight excluding hydrogens is 327 g/mol. The topological polar surface area (TPSA) is 71.5 Å². The van der Waals surface area contributed by atoms with E-state index in [9.17, 15) is 4.79 Å². The van der Waals surface area contributed by atoms with Crippen molar-refractivity contribution < 1.29 is 14.6 Å². The zero-order valence-corrected chi connectivity index (χ0v) is 13.1. The number of ether oxygens (including phenoxy) is 1. The monoisotopic (exact) mass is 340 g/mol. The standard InChI is InChI=1S/C15H14Cl2N2O3/c16-13-7-11(8-14(17)19-13)15(21)18-9-10-3-1-2-4-12(10)22-6-5-20/h1-4,7-8,20H,5-6,9H2,(H,18,21). The van der Waals surface area contributed by atoms with Crippen molar-refractivity contribution in [3.05, 3.63) is 57.8 Å². The second-order valence-electron chi connectivity index (χ2n) is 4.36. The Kier molecular flexibility index (Phi) is 6.00. The number of amides is 1. The van der Waals surface area contributed by atoms with E-state index in [1.54, 1.807) is 6.07 Å². The lowest BCUT2D eigenvalue weighted by atomic mass is 10.2. The highest BCUT2D eigenvalue weighted by Crippen LogP contribution is 2.18. The highest BCUT2D eigenvalue weighted by Gasteiger charge is 2.10. The first-order valence-corrected chi connectivity index (χ1v) is 7.28. The van der Waals surface area contributed by atoms with Crippen LogP contribution < -0.4 is 10.1 Å². The second kappa shape index (κ2) is 7.98. The van der Waals surface area contributed by atoms with Crippen molar-refractivity contribution >= 4 is 29.1 Å². The number of halogens is 2. The van der Waals surface area contributed by atoms with E-state index in [2.05, 4.69) is 10.3 Å². The molecule has 1 heterocycles. The average Bonchev–Trinajstić information content (AvgIpc) is 2.50. The Morgan fingerprint density at radius 2 is 1.91 bits per heavy atom. The lowest BCUT2D eigenvalue weighted by molar-refractivity contribution is 0.0950. The molecular formula is C15H14Cl2N2O3. The molecule has 2 rings (SSSR count). The highest BCUT2D eigenvalue weighted by atomic mass is 35.5. The van der Waals surface area contributed by atoms with E-state index in [0.29, 0.717) is 11.3 Å². The summed E-state index contributed by atoms with van der Waals surface area (Å²) in [6.45, 7) is 0.396. The van der Waals surface area contributed by atoms with Crippen LogP contribution in [0.5, 0.6) is 5.75 Å². The van der Waals surface area contributed by atoms with Crippen LogP contribution in [0.15, 0.2) is 36.4 Å². The number of hydrogen-bond donors (Lipinski definition) is 2. The lowest BCUT2D eigenvalue weighted by Crippen LogP contribution is -2.23. The Bertz CT molecular complexity index is 645. The molecule has 5 nitrogen and oxygen atoms in total. The fourth-order valence-corrected chi connectivity index (χ4v) is 2.28. The van der Waals surface area contributed by atoms with E-state index in [1.165, 1.54) is 12.1 Å². The minimum Gasteiger partial charge on any atom is -0.491 e. The smallest absolute Gasteiger partial charge is 0.251 e. The van der Waals surface area contributed by atoms with Crippen molar-refractivity contribution in [2.24, 2.45) is 0 Å². The first-order valence-electron chi connectivity index (χ1n) is 6.53. The van der Waals surface area contributed by atoms with Gasteiger partial charge in [-0.3, -0.25) is 4.79 Å². The van der Waals surface area contributed by atoms with Gasteiger partial charge in [0.1, 0.15) is 22.7 Å². The van der Waals surface area contributed by atoms with Gasteiger partial charge in [0.25, 0.3) is 5.91 Å². The van der Waals surface area contributed by atoms with Crippen LogP contribution in [-0.4, -0.2) is 29.2 Å². The molecule has 1 aromatic heterocycles. The third-order valence-electron chi connectivity index (χ3n) is 2.79. The van der Waals surface area contributed by atoms with Gasteiger partial charge in [-0.2, -0.15) is 0 Å². The molecule has 2 aromatic rings. The van der Waals surface area contributed by atoms with Crippen LogP contribution in [0.4, 0.5) is 0 Å². The molecule has 0 bridgehead atoms. The van der Waals surface area contributed by atoms with Gasteiger partial charge in [-0.1, -0.05) is 41.4 Å². The van der Waals surface area contributed by atoms with Gasteiger partial charge in [0.2, 0.25) is 0 Å². The van der Waals surface area contributed by atoms with Gasteiger partial charge >= 0.3 is 0 Å². The number of para-hydroxylation sites is 1. The van der Waals surface area contributed by atoms with Crippen molar-refractivity contribution in [2.75, 3.05) is 13.2 Å². The number of nitrogens with one attached hydrogen (secondary N) is 1. The number of aliphatic hydroxyl groups excluding tert-OH is 1. The van der Waals surface area contributed by atoms with E-state index in [1.807, 2.05) is 18.2 Å². The quantitative estimate of drug-likeness (QED) is 0.793. The molecule has 0 atom stereocenters. The van der Waals surface area contributed by atoms with Crippen LogP contribution in [0.25, 0.3) is 0 Å². The predicted octanol–water partition coefficient (Wildman–Crippen LogP) is 2.69. The Morgan fingerprint density at radius 3 is 2.59 bits per heavy atom. The van der Waals surface area contributed by atoms with Crippen LogP contribution in [-0.2, 0) is 6.54 Å². The molecule has 0 spiro atoms. The van der Waals surface area contributed by atoms with Gasteiger partial charge in [-0.25, -0.2) is 4.98 Å². The van der Waals surface area contributed by atoms with Crippen molar-refractivity contribution in [1.82, 2.24) is 10.3 Å². The molecule has 0 saturated carbocycles. The third kappa shape index (κ3) is 4.59. The molecule has 0 fully saturated rings. The molecule has 116 valence electrons. The van der Waals surface area contributed by atoms with E-state index in [0.717, 1.165) is 5.56 Å². The SMILES string of the molecule is O=C(NCc1ccccc1OCCO)c1cc(Cl)nc(Cl)c1. The van der Waals surface area contributed by atoms with Crippen LogP contribution in [0.2, 0.25) is 10.3 Å². The van der Waals surface area contributed by atoms with E-state index in [4.69, 9.17) is 33.0 Å². The average molecular weight is 341 g/mol. The molecule has 2 N–H and O–H groups in total. The van der Waals surface area contributed by atoms with Crippen LogP contribution in [0.3, 0.4) is 0 Å². The van der Waals surface area contributed by atoms with Gasteiger partial charge in [-0.15, -0.1) is 0 Å². The number of pyridine rings is 1. The zero-order chi connectivity index (χ0) is 15.9. The Hall–Kier alpha value is -1.82. The van der Waals surface area contributed by atoms with E-state index < -0.39 is 0 Å². The van der Waals surface area contributed by atoms with E-state index >= 15 is 0 Å². The number of aliphatic hydroxyl groups is 1. The first kappa shape index (κ1) is 16.5. The fraction of sp³-hybridized carbons (Fsp3) is 0.200. The zero-order valence-electron chi connectivity index (χ0n) is 11.6. The molecule has 7 heteroatoms. The van der Waals surface area contributed by atoms with Crippen molar-refractivity contribution in [3.63, 3.8) is 0 Å². The highest BCUT2D eigenvalue weighted by molar-refractivity contribution is 6.33. The number of carbonyl (C=O) groups is 1. The van der Waals surface area contributed by atoms with E-state index in [-0.39, 0.29) is 36.0 Å². The van der Waals surface area contributed by atoms with Crippen LogP contribution in [0, 0.1) is 0 Å². The lowest BCUT2D eigenvalue weighted by Gasteiger charge is -2.11. The third-order valence-corrected chi connectivity index (χ3v) is 3.17. The maximum Gasteiger partial charge on any atom is 0.251 e.